The Balaban J connectivity index is 1.55. The zero-order chi connectivity index (χ0) is 20.8. The molecule has 0 aliphatic carbocycles. The summed E-state index contributed by atoms with van der Waals surface area (Å²) < 4.78 is 5.35. The van der Waals surface area contributed by atoms with Crippen LogP contribution in [0.15, 0.2) is 66.7 Å². The van der Waals surface area contributed by atoms with Crippen LogP contribution in [0.25, 0.3) is 0 Å². The Kier molecular flexibility index (Phi) is 6.68. The van der Waals surface area contributed by atoms with Crippen LogP contribution in [-0.2, 0) is 11.2 Å². The molecule has 0 unspecified atom stereocenters. The first-order valence-electron chi connectivity index (χ1n) is 9.34. The Morgan fingerprint density at radius 2 is 1.62 bits per heavy atom. The molecule has 0 radical (unpaired) electrons. The van der Waals surface area contributed by atoms with E-state index in [9.17, 15) is 9.59 Å². The maximum atomic E-state index is 12.5. The Labute approximate surface area is 175 Å². The van der Waals surface area contributed by atoms with Gasteiger partial charge in [-0.1, -0.05) is 35.9 Å². The van der Waals surface area contributed by atoms with E-state index in [2.05, 4.69) is 5.32 Å². The van der Waals surface area contributed by atoms with Crippen molar-refractivity contribution in [2.75, 3.05) is 5.32 Å². The van der Waals surface area contributed by atoms with Gasteiger partial charge in [-0.15, -0.1) is 0 Å². The second-order valence-electron chi connectivity index (χ2n) is 6.90. The number of anilines is 1. The van der Waals surface area contributed by atoms with E-state index in [4.69, 9.17) is 16.3 Å². The number of esters is 1. The molecule has 0 atom stereocenters. The highest BCUT2D eigenvalue weighted by Gasteiger charge is 2.10. The average molecular weight is 408 g/mol. The maximum Gasteiger partial charge on any atom is 0.311 e. The van der Waals surface area contributed by atoms with Crippen LogP contribution in [-0.4, -0.2) is 11.9 Å². The highest BCUT2D eigenvalue weighted by molar-refractivity contribution is 6.30. The maximum absolute atomic E-state index is 12.5. The van der Waals surface area contributed by atoms with Crippen LogP contribution in [0.1, 0.15) is 33.5 Å². The minimum Gasteiger partial charge on any atom is -0.427 e. The number of ether oxygens (including phenoxy) is 1. The molecule has 3 rings (SSSR count). The molecule has 0 saturated heterocycles. The molecule has 29 heavy (non-hydrogen) atoms. The number of aryl methyl sites for hydroxylation is 3. The number of hydrogen-bond donors (Lipinski definition) is 1. The van der Waals surface area contributed by atoms with Gasteiger partial charge in [-0.3, -0.25) is 9.59 Å². The second-order valence-corrected chi connectivity index (χ2v) is 7.33. The van der Waals surface area contributed by atoms with E-state index in [1.807, 2.05) is 44.2 Å². The molecule has 0 bridgehead atoms. The summed E-state index contributed by atoms with van der Waals surface area (Å²) >= 11 is 5.86. The van der Waals surface area contributed by atoms with Crippen molar-refractivity contribution in [1.29, 1.82) is 0 Å². The van der Waals surface area contributed by atoms with Crippen LogP contribution in [0, 0.1) is 13.8 Å². The van der Waals surface area contributed by atoms with Gasteiger partial charge in [0.2, 0.25) is 0 Å². The molecule has 0 saturated carbocycles. The molecule has 0 spiro atoms. The first-order chi connectivity index (χ1) is 13.9. The van der Waals surface area contributed by atoms with Crippen molar-refractivity contribution in [3.63, 3.8) is 0 Å². The number of benzene rings is 3. The van der Waals surface area contributed by atoms with Crippen molar-refractivity contribution in [3.05, 3.63) is 94.0 Å². The summed E-state index contributed by atoms with van der Waals surface area (Å²) in [5.74, 6) is -0.124. The van der Waals surface area contributed by atoms with E-state index in [0.717, 1.165) is 22.4 Å². The minimum absolute atomic E-state index is 0.209. The smallest absolute Gasteiger partial charge is 0.311 e. The number of hydrogen-bond acceptors (Lipinski definition) is 3. The number of rotatable bonds is 6. The molecule has 0 fully saturated rings. The fraction of sp³-hybridized carbons (Fsp3) is 0.167. The first kappa shape index (κ1) is 20.6. The lowest BCUT2D eigenvalue weighted by atomic mass is 10.1. The van der Waals surface area contributed by atoms with Crippen molar-refractivity contribution >= 4 is 29.2 Å². The summed E-state index contributed by atoms with van der Waals surface area (Å²) in [5.41, 5.74) is 4.37. The van der Waals surface area contributed by atoms with Gasteiger partial charge in [-0.25, -0.2) is 0 Å². The molecule has 0 aromatic heterocycles. The quantitative estimate of drug-likeness (QED) is 0.418. The van der Waals surface area contributed by atoms with Crippen LogP contribution in [0.2, 0.25) is 5.02 Å². The van der Waals surface area contributed by atoms with Gasteiger partial charge in [-0.2, -0.15) is 0 Å². The van der Waals surface area contributed by atoms with Crippen LogP contribution < -0.4 is 10.1 Å². The highest BCUT2D eigenvalue weighted by Crippen LogP contribution is 2.19. The van der Waals surface area contributed by atoms with Gasteiger partial charge >= 0.3 is 5.97 Å². The van der Waals surface area contributed by atoms with E-state index < -0.39 is 0 Å². The van der Waals surface area contributed by atoms with Crippen LogP contribution >= 0.6 is 11.6 Å². The standard InChI is InChI=1S/C24H22ClNO3/c1-16-3-4-17(2)22(15-16)26-24(28)19-8-12-21(13-9-19)29-23(27)14-7-18-5-10-20(25)11-6-18/h3-6,8-13,15H,7,14H2,1-2H3,(H,26,28). The molecule has 5 heteroatoms. The largest absolute Gasteiger partial charge is 0.427 e. The molecule has 1 N–H and O–H groups in total. The third kappa shape index (κ3) is 5.93. The van der Waals surface area contributed by atoms with Crippen molar-refractivity contribution in [2.24, 2.45) is 0 Å². The Hall–Kier alpha value is -3.11. The molecule has 3 aromatic rings. The van der Waals surface area contributed by atoms with Crippen LogP contribution in [0.4, 0.5) is 5.69 Å². The summed E-state index contributed by atoms with van der Waals surface area (Å²) in [6, 6.07) is 19.8. The van der Waals surface area contributed by atoms with E-state index in [-0.39, 0.29) is 18.3 Å². The molecule has 148 valence electrons. The van der Waals surface area contributed by atoms with Crippen molar-refractivity contribution in [1.82, 2.24) is 0 Å². The molecular formula is C24H22ClNO3. The summed E-state index contributed by atoms with van der Waals surface area (Å²) in [5, 5.41) is 3.58. The van der Waals surface area contributed by atoms with Gasteiger partial charge in [0.25, 0.3) is 5.91 Å². The number of halogens is 1. The predicted octanol–water partition coefficient (Wildman–Crippen LogP) is 5.75. The zero-order valence-electron chi connectivity index (χ0n) is 16.4. The van der Waals surface area contributed by atoms with Crippen molar-refractivity contribution in [3.8, 4) is 5.75 Å². The normalized spacial score (nSPS) is 10.4. The summed E-state index contributed by atoms with van der Waals surface area (Å²) in [4.78, 5) is 24.5. The molecule has 4 nitrogen and oxygen atoms in total. The fourth-order valence-corrected chi connectivity index (χ4v) is 2.95. The molecule has 0 heterocycles. The molecular weight excluding hydrogens is 386 g/mol. The monoisotopic (exact) mass is 407 g/mol. The predicted molar refractivity (Wildman–Crippen MR) is 116 cm³/mol. The van der Waals surface area contributed by atoms with Crippen molar-refractivity contribution < 1.29 is 14.3 Å². The van der Waals surface area contributed by atoms with E-state index in [1.165, 1.54) is 0 Å². The van der Waals surface area contributed by atoms with Crippen molar-refractivity contribution in [2.45, 2.75) is 26.7 Å². The van der Waals surface area contributed by atoms with Gasteiger partial charge in [0.05, 0.1) is 0 Å². The molecule has 3 aromatic carbocycles. The van der Waals surface area contributed by atoms with Gasteiger partial charge in [0.1, 0.15) is 5.75 Å². The Morgan fingerprint density at radius 3 is 2.31 bits per heavy atom. The summed E-state index contributed by atoms with van der Waals surface area (Å²) in [6.45, 7) is 3.92. The number of amides is 1. The topological polar surface area (TPSA) is 55.4 Å². The van der Waals surface area contributed by atoms with Gasteiger partial charge in [-0.05, 0) is 79.4 Å². The fourth-order valence-electron chi connectivity index (χ4n) is 2.82. The number of nitrogens with one attached hydrogen (secondary N) is 1. The minimum atomic E-state index is -0.326. The van der Waals surface area contributed by atoms with E-state index in [0.29, 0.717) is 22.8 Å². The zero-order valence-corrected chi connectivity index (χ0v) is 17.1. The SMILES string of the molecule is Cc1ccc(C)c(NC(=O)c2ccc(OC(=O)CCc3ccc(Cl)cc3)cc2)c1. The number of carbonyl (C=O) groups is 2. The molecule has 1 amide bonds. The third-order valence-electron chi connectivity index (χ3n) is 4.52. The lowest BCUT2D eigenvalue weighted by Gasteiger charge is -2.10. The first-order valence-corrected chi connectivity index (χ1v) is 9.72. The molecule has 0 aliphatic rings. The van der Waals surface area contributed by atoms with Gasteiger partial charge in [0, 0.05) is 22.7 Å². The Morgan fingerprint density at radius 1 is 0.931 bits per heavy atom. The second kappa shape index (κ2) is 9.39. The van der Waals surface area contributed by atoms with Crippen LogP contribution in [0.5, 0.6) is 5.75 Å². The molecule has 0 aliphatic heterocycles. The van der Waals surface area contributed by atoms with Gasteiger partial charge in [0.15, 0.2) is 0 Å². The lowest BCUT2D eigenvalue weighted by molar-refractivity contribution is -0.134. The average Bonchev–Trinajstić information content (AvgIpc) is 2.71. The number of carbonyl (C=O) groups excluding carboxylic acids is 2. The van der Waals surface area contributed by atoms with E-state index >= 15 is 0 Å². The Bertz CT molecular complexity index is 1010. The summed E-state index contributed by atoms with van der Waals surface area (Å²) in [6.07, 6.45) is 0.836. The van der Waals surface area contributed by atoms with Gasteiger partial charge < -0.3 is 10.1 Å². The highest BCUT2D eigenvalue weighted by atomic mass is 35.5. The third-order valence-corrected chi connectivity index (χ3v) is 4.77. The van der Waals surface area contributed by atoms with E-state index in [1.54, 1.807) is 36.4 Å². The lowest BCUT2D eigenvalue weighted by Crippen LogP contribution is -2.13. The van der Waals surface area contributed by atoms with Crippen LogP contribution in [0.3, 0.4) is 0 Å². The summed E-state index contributed by atoms with van der Waals surface area (Å²) in [7, 11) is 0.